The highest BCUT2D eigenvalue weighted by atomic mass is 16.2. The normalized spacial score (nSPS) is 11.9. The van der Waals surface area contributed by atoms with Crippen molar-refractivity contribution in [1.82, 2.24) is 10.2 Å². The summed E-state index contributed by atoms with van der Waals surface area (Å²) in [6, 6.07) is 17.2. The van der Waals surface area contributed by atoms with E-state index in [1.54, 1.807) is 11.8 Å². The van der Waals surface area contributed by atoms with Crippen molar-refractivity contribution < 1.29 is 9.59 Å². The van der Waals surface area contributed by atoms with Gasteiger partial charge in [-0.3, -0.25) is 9.59 Å². The molecule has 1 unspecified atom stereocenters. The van der Waals surface area contributed by atoms with Gasteiger partial charge in [0.15, 0.2) is 0 Å². The first-order valence-electron chi connectivity index (χ1n) is 9.53. The van der Waals surface area contributed by atoms with E-state index >= 15 is 0 Å². The van der Waals surface area contributed by atoms with E-state index in [-0.39, 0.29) is 18.2 Å². The molecule has 2 aromatic carbocycles. The highest BCUT2D eigenvalue weighted by Crippen LogP contribution is 2.13. The van der Waals surface area contributed by atoms with Gasteiger partial charge in [-0.1, -0.05) is 74.0 Å². The molecular formula is C23H30N2O2. The molecule has 0 aliphatic carbocycles. The lowest BCUT2D eigenvalue weighted by Crippen LogP contribution is -2.48. The summed E-state index contributed by atoms with van der Waals surface area (Å²) < 4.78 is 0. The molecule has 0 saturated carbocycles. The van der Waals surface area contributed by atoms with Crippen LogP contribution < -0.4 is 5.32 Å². The van der Waals surface area contributed by atoms with Gasteiger partial charge in [-0.25, -0.2) is 0 Å². The van der Waals surface area contributed by atoms with Crippen LogP contribution >= 0.6 is 0 Å². The average molecular weight is 367 g/mol. The molecular weight excluding hydrogens is 336 g/mol. The van der Waals surface area contributed by atoms with Crippen LogP contribution in [0.4, 0.5) is 0 Å². The van der Waals surface area contributed by atoms with E-state index in [9.17, 15) is 9.59 Å². The molecule has 0 aliphatic heterocycles. The van der Waals surface area contributed by atoms with Crippen LogP contribution in [0.3, 0.4) is 0 Å². The predicted octanol–water partition coefficient (Wildman–Crippen LogP) is 3.73. The number of nitrogens with one attached hydrogen (secondary N) is 1. The third kappa shape index (κ3) is 6.55. The Morgan fingerprint density at radius 2 is 1.56 bits per heavy atom. The Bertz CT molecular complexity index is 739. The van der Waals surface area contributed by atoms with Gasteiger partial charge < -0.3 is 10.2 Å². The molecule has 0 heterocycles. The molecule has 0 fully saturated rings. The number of nitrogens with zero attached hydrogens (tertiary/aromatic N) is 1. The van der Waals surface area contributed by atoms with Crippen molar-refractivity contribution in [3.05, 3.63) is 71.3 Å². The van der Waals surface area contributed by atoms with Crippen molar-refractivity contribution in [2.24, 2.45) is 5.92 Å². The summed E-state index contributed by atoms with van der Waals surface area (Å²) >= 11 is 0. The zero-order valence-corrected chi connectivity index (χ0v) is 16.7. The molecule has 0 aliphatic rings. The highest BCUT2D eigenvalue weighted by molar-refractivity contribution is 5.88. The van der Waals surface area contributed by atoms with Crippen molar-refractivity contribution >= 4 is 11.8 Å². The summed E-state index contributed by atoms with van der Waals surface area (Å²) in [4.78, 5) is 27.3. The minimum absolute atomic E-state index is 0.0464. The van der Waals surface area contributed by atoms with Crippen molar-refractivity contribution in [2.45, 2.75) is 46.7 Å². The Morgan fingerprint density at radius 3 is 2.15 bits per heavy atom. The van der Waals surface area contributed by atoms with Gasteiger partial charge in [-0.2, -0.15) is 0 Å². The molecule has 0 bridgehead atoms. The predicted molar refractivity (Wildman–Crippen MR) is 109 cm³/mol. The number of carbonyl (C=O) groups excluding carboxylic acids is 2. The third-order valence-electron chi connectivity index (χ3n) is 4.52. The van der Waals surface area contributed by atoms with Crippen LogP contribution in [0.25, 0.3) is 0 Å². The Labute approximate surface area is 162 Å². The molecule has 1 N–H and O–H groups in total. The number of carbonyl (C=O) groups is 2. The SMILES string of the molecule is Cc1ccc(CC(=O)N(Cc2ccccc2)C(C)C(=O)NCC(C)C)cc1. The molecule has 2 amide bonds. The second kappa shape index (κ2) is 9.91. The fourth-order valence-corrected chi connectivity index (χ4v) is 2.80. The molecule has 27 heavy (non-hydrogen) atoms. The van der Waals surface area contributed by atoms with E-state index < -0.39 is 6.04 Å². The fraction of sp³-hybridized carbons (Fsp3) is 0.391. The van der Waals surface area contributed by atoms with Crippen LogP contribution in [-0.4, -0.2) is 29.3 Å². The fourth-order valence-electron chi connectivity index (χ4n) is 2.80. The van der Waals surface area contributed by atoms with Gasteiger partial charge >= 0.3 is 0 Å². The van der Waals surface area contributed by atoms with E-state index in [0.29, 0.717) is 19.0 Å². The molecule has 4 heteroatoms. The van der Waals surface area contributed by atoms with Crippen LogP contribution in [0.1, 0.15) is 37.5 Å². The molecule has 0 saturated heterocycles. The van der Waals surface area contributed by atoms with Crippen LogP contribution in [-0.2, 0) is 22.6 Å². The molecule has 2 aromatic rings. The minimum atomic E-state index is -0.526. The topological polar surface area (TPSA) is 49.4 Å². The second-order valence-corrected chi connectivity index (χ2v) is 7.48. The molecule has 0 radical (unpaired) electrons. The van der Waals surface area contributed by atoms with Crippen LogP contribution in [0.15, 0.2) is 54.6 Å². The first-order chi connectivity index (χ1) is 12.9. The summed E-state index contributed by atoms with van der Waals surface area (Å²) in [7, 11) is 0. The molecule has 1 atom stereocenters. The van der Waals surface area contributed by atoms with Gasteiger partial charge in [0.1, 0.15) is 6.04 Å². The van der Waals surface area contributed by atoms with Gasteiger partial charge in [0, 0.05) is 13.1 Å². The van der Waals surface area contributed by atoms with E-state index in [1.165, 1.54) is 0 Å². The van der Waals surface area contributed by atoms with Crippen LogP contribution in [0.2, 0.25) is 0 Å². The van der Waals surface area contributed by atoms with Gasteiger partial charge in [-0.05, 0) is 30.9 Å². The van der Waals surface area contributed by atoms with Crippen molar-refractivity contribution in [1.29, 1.82) is 0 Å². The lowest BCUT2D eigenvalue weighted by molar-refractivity contribution is -0.140. The molecule has 0 spiro atoms. The smallest absolute Gasteiger partial charge is 0.242 e. The zero-order valence-electron chi connectivity index (χ0n) is 16.7. The first kappa shape index (κ1) is 20.7. The average Bonchev–Trinajstić information content (AvgIpc) is 2.66. The van der Waals surface area contributed by atoms with Gasteiger partial charge in [0.25, 0.3) is 0 Å². The monoisotopic (exact) mass is 366 g/mol. The van der Waals surface area contributed by atoms with Crippen molar-refractivity contribution in [3.63, 3.8) is 0 Å². The number of rotatable bonds is 8. The van der Waals surface area contributed by atoms with Gasteiger partial charge in [0.05, 0.1) is 6.42 Å². The van der Waals surface area contributed by atoms with Gasteiger partial charge in [-0.15, -0.1) is 0 Å². The lowest BCUT2D eigenvalue weighted by Gasteiger charge is -2.29. The zero-order chi connectivity index (χ0) is 19.8. The number of benzene rings is 2. The number of aryl methyl sites for hydroxylation is 1. The lowest BCUT2D eigenvalue weighted by atomic mass is 10.1. The Balaban J connectivity index is 2.15. The quantitative estimate of drug-likeness (QED) is 0.774. The highest BCUT2D eigenvalue weighted by Gasteiger charge is 2.26. The van der Waals surface area contributed by atoms with E-state index in [4.69, 9.17) is 0 Å². The third-order valence-corrected chi connectivity index (χ3v) is 4.52. The molecule has 0 aromatic heterocycles. The van der Waals surface area contributed by atoms with E-state index in [0.717, 1.165) is 16.7 Å². The maximum Gasteiger partial charge on any atom is 0.242 e. The maximum absolute atomic E-state index is 13.0. The maximum atomic E-state index is 13.0. The minimum Gasteiger partial charge on any atom is -0.354 e. The number of amides is 2. The summed E-state index contributed by atoms with van der Waals surface area (Å²) in [6.45, 7) is 8.95. The van der Waals surface area contributed by atoms with E-state index in [1.807, 2.05) is 61.5 Å². The van der Waals surface area contributed by atoms with Crippen LogP contribution in [0, 0.1) is 12.8 Å². The summed E-state index contributed by atoms with van der Waals surface area (Å²) in [5, 5.41) is 2.94. The van der Waals surface area contributed by atoms with Gasteiger partial charge in [0.2, 0.25) is 11.8 Å². The Kier molecular flexibility index (Phi) is 7.59. The standard InChI is InChI=1S/C23H30N2O2/c1-17(2)15-24-23(27)19(4)25(16-21-8-6-5-7-9-21)22(26)14-20-12-10-18(3)11-13-20/h5-13,17,19H,14-16H2,1-4H3,(H,24,27). The van der Waals surface area contributed by atoms with Crippen molar-refractivity contribution in [3.8, 4) is 0 Å². The Hall–Kier alpha value is -2.62. The molecule has 2 rings (SSSR count). The largest absolute Gasteiger partial charge is 0.354 e. The Morgan fingerprint density at radius 1 is 0.926 bits per heavy atom. The summed E-state index contributed by atoms with van der Waals surface area (Å²) in [6.07, 6.45) is 0.287. The number of hydrogen-bond acceptors (Lipinski definition) is 2. The second-order valence-electron chi connectivity index (χ2n) is 7.48. The van der Waals surface area contributed by atoms with Crippen LogP contribution in [0.5, 0.6) is 0 Å². The van der Waals surface area contributed by atoms with Crippen molar-refractivity contribution in [2.75, 3.05) is 6.54 Å². The molecule has 144 valence electrons. The summed E-state index contributed by atoms with van der Waals surface area (Å²) in [5.41, 5.74) is 3.13. The summed E-state index contributed by atoms with van der Waals surface area (Å²) in [5.74, 6) is 0.207. The first-order valence-corrected chi connectivity index (χ1v) is 9.53. The van der Waals surface area contributed by atoms with E-state index in [2.05, 4.69) is 19.2 Å². The molecule has 4 nitrogen and oxygen atoms in total. The number of hydrogen-bond donors (Lipinski definition) is 1.